The lowest BCUT2D eigenvalue weighted by Gasteiger charge is -2.10. The molecule has 0 aliphatic heterocycles. The van der Waals surface area contributed by atoms with Crippen LogP contribution >= 0.6 is 47.8 Å². The molecule has 2 aromatic rings. The van der Waals surface area contributed by atoms with Crippen molar-refractivity contribution in [3.05, 3.63) is 62.8 Å². The van der Waals surface area contributed by atoms with E-state index in [1.54, 1.807) is 0 Å². The molecule has 0 N–H and O–H groups in total. The molecule has 0 radical (unpaired) electrons. The summed E-state index contributed by atoms with van der Waals surface area (Å²) >= 11 is 10.7. The summed E-state index contributed by atoms with van der Waals surface area (Å²) in [6.45, 7) is 0. The number of pyridine rings is 1. The minimum Gasteiger partial charge on any atom is -0.261 e. The molecule has 0 saturated heterocycles. The lowest BCUT2D eigenvalue weighted by atomic mass is 10.1. The second-order valence-electron chi connectivity index (χ2n) is 3.70. The molecule has 1 nitrogen and oxygen atoms in total. The smallest absolute Gasteiger partial charge is 0.0451 e. The highest BCUT2D eigenvalue weighted by Gasteiger charge is 2.10. The molecule has 4 heteroatoms. The van der Waals surface area contributed by atoms with Crippen molar-refractivity contribution < 1.29 is 0 Å². The van der Waals surface area contributed by atoms with E-state index in [-0.39, 0.29) is 4.83 Å². The van der Waals surface area contributed by atoms with Crippen LogP contribution in [0.2, 0.25) is 0 Å². The van der Waals surface area contributed by atoms with Gasteiger partial charge in [-0.05, 0) is 35.9 Å². The fraction of sp³-hybridized carbons (Fsp3) is 0.154. The van der Waals surface area contributed by atoms with Crippen molar-refractivity contribution in [2.75, 3.05) is 0 Å². The van der Waals surface area contributed by atoms with Crippen LogP contribution in [-0.4, -0.2) is 4.98 Å². The van der Waals surface area contributed by atoms with E-state index in [4.69, 9.17) is 0 Å². The van der Waals surface area contributed by atoms with Gasteiger partial charge in [-0.2, -0.15) is 0 Å². The molecular formula is C13H10Br3N. The molecule has 0 aliphatic rings. The van der Waals surface area contributed by atoms with E-state index < -0.39 is 0 Å². The third kappa shape index (κ3) is 3.90. The van der Waals surface area contributed by atoms with Gasteiger partial charge in [0, 0.05) is 32.1 Å². The molecule has 0 bridgehead atoms. The molecule has 0 amide bonds. The van der Waals surface area contributed by atoms with E-state index in [2.05, 4.69) is 64.9 Å². The summed E-state index contributed by atoms with van der Waals surface area (Å²) in [6, 6.07) is 12.3. The van der Waals surface area contributed by atoms with Gasteiger partial charge in [0.05, 0.1) is 0 Å². The van der Waals surface area contributed by atoms with Crippen LogP contribution in [0, 0.1) is 0 Å². The second kappa shape index (κ2) is 6.12. The molecule has 0 fully saturated rings. The standard InChI is InChI=1S/C13H10Br3N/c14-10-5-9(6-11(15)7-10)13(16)8-12-3-1-2-4-17-12/h1-7,13H,8H2. The van der Waals surface area contributed by atoms with Crippen LogP contribution in [0.5, 0.6) is 0 Å². The predicted octanol–water partition coefficient (Wildman–Crippen LogP) is 5.29. The summed E-state index contributed by atoms with van der Waals surface area (Å²) in [5, 5.41) is 0. The normalized spacial score (nSPS) is 12.4. The third-order valence-electron chi connectivity index (χ3n) is 2.36. The lowest BCUT2D eigenvalue weighted by molar-refractivity contribution is 0.903. The number of hydrogen-bond acceptors (Lipinski definition) is 1. The summed E-state index contributed by atoms with van der Waals surface area (Å²) < 4.78 is 2.15. The Morgan fingerprint density at radius 3 is 2.35 bits per heavy atom. The van der Waals surface area contributed by atoms with Crippen LogP contribution in [0.1, 0.15) is 16.1 Å². The summed E-state index contributed by atoms with van der Waals surface area (Å²) in [6.07, 6.45) is 2.70. The Balaban J connectivity index is 2.17. The monoisotopic (exact) mass is 417 g/mol. The summed E-state index contributed by atoms with van der Waals surface area (Å²) in [4.78, 5) is 4.61. The van der Waals surface area contributed by atoms with Crippen LogP contribution < -0.4 is 0 Å². The Labute approximate surface area is 126 Å². The lowest BCUT2D eigenvalue weighted by Crippen LogP contribution is -1.97. The average molecular weight is 420 g/mol. The van der Waals surface area contributed by atoms with Crippen LogP contribution in [0.15, 0.2) is 51.5 Å². The number of halogens is 3. The zero-order chi connectivity index (χ0) is 12.3. The number of hydrogen-bond donors (Lipinski definition) is 0. The molecule has 0 spiro atoms. The number of aromatic nitrogens is 1. The minimum absolute atomic E-state index is 0.270. The van der Waals surface area contributed by atoms with Crippen LogP contribution in [0.25, 0.3) is 0 Å². The SMILES string of the molecule is Brc1cc(Br)cc(C(Br)Cc2ccccn2)c1. The number of nitrogens with zero attached hydrogens (tertiary/aromatic N) is 1. The maximum Gasteiger partial charge on any atom is 0.0451 e. The van der Waals surface area contributed by atoms with Crippen molar-refractivity contribution in [2.24, 2.45) is 0 Å². The van der Waals surface area contributed by atoms with Crippen molar-refractivity contribution in [3.8, 4) is 0 Å². The van der Waals surface area contributed by atoms with Gasteiger partial charge < -0.3 is 0 Å². The fourth-order valence-electron chi connectivity index (χ4n) is 1.58. The maximum atomic E-state index is 4.34. The Bertz CT molecular complexity index is 479. The van der Waals surface area contributed by atoms with E-state index >= 15 is 0 Å². The second-order valence-corrected chi connectivity index (χ2v) is 6.63. The van der Waals surface area contributed by atoms with Gasteiger partial charge in [0.25, 0.3) is 0 Å². The molecule has 1 atom stereocenters. The maximum absolute atomic E-state index is 4.34. The molecule has 17 heavy (non-hydrogen) atoms. The van der Waals surface area contributed by atoms with Gasteiger partial charge in [0.1, 0.15) is 0 Å². The highest BCUT2D eigenvalue weighted by atomic mass is 79.9. The van der Waals surface area contributed by atoms with Gasteiger partial charge in [-0.25, -0.2) is 0 Å². The molecule has 1 heterocycles. The van der Waals surface area contributed by atoms with Gasteiger partial charge >= 0.3 is 0 Å². The van der Waals surface area contributed by atoms with Gasteiger partial charge in [-0.3, -0.25) is 4.98 Å². The van der Waals surface area contributed by atoms with E-state index in [0.717, 1.165) is 21.1 Å². The Morgan fingerprint density at radius 1 is 1.06 bits per heavy atom. The highest BCUT2D eigenvalue weighted by molar-refractivity contribution is 9.11. The zero-order valence-electron chi connectivity index (χ0n) is 8.91. The number of alkyl halides is 1. The Morgan fingerprint density at radius 2 is 1.76 bits per heavy atom. The topological polar surface area (TPSA) is 12.9 Å². The largest absolute Gasteiger partial charge is 0.261 e. The van der Waals surface area contributed by atoms with Crippen LogP contribution in [0.4, 0.5) is 0 Å². The molecule has 88 valence electrons. The Hall–Kier alpha value is -0.190. The highest BCUT2D eigenvalue weighted by Crippen LogP contribution is 2.31. The first-order valence-electron chi connectivity index (χ1n) is 5.15. The fourth-order valence-corrected chi connectivity index (χ4v) is 3.50. The zero-order valence-corrected chi connectivity index (χ0v) is 13.7. The minimum atomic E-state index is 0.270. The number of rotatable bonds is 3. The molecular weight excluding hydrogens is 410 g/mol. The van der Waals surface area contributed by atoms with Crippen molar-refractivity contribution in [3.63, 3.8) is 0 Å². The first-order chi connectivity index (χ1) is 8.15. The van der Waals surface area contributed by atoms with Crippen LogP contribution in [0.3, 0.4) is 0 Å². The molecule has 0 saturated carbocycles. The van der Waals surface area contributed by atoms with Crippen molar-refractivity contribution >= 4 is 47.8 Å². The average Bonchev–Trinajstić information content (AvgIpc) is 2.29. The molecule has 1 aromatic heterocycles. The summed E-state index contributed by atoms with van der Waals surface area (Å²) in [5.41, 5.74) is 2.32. The van der Waals surface area contributed by atoms with Crippen LogP contribution in [-0.2, 0) is 6.42 Å². The van der Waals surface area contributed by atoms with Gasteiger partial charge in [0.15, 0.2) is 0 Å². The quantitative estimate of drug-likeness (QED) is 0.616. The first-order valence-corrected chi connectivity index (χ1v) is 7.65. The van der Waals surface area contributed by atoms with Gasteiger partial charge in [-0.1, -0.05) is 53.9 Å². The molecule has 1 aromatic carbocycles. The summed E-state index contributed by atoms with van der Waals surface area (Å²) in [5.74, 6) is 0. The van der Waals surface area contributed by atoms with E-state index in [0.29, 0.717) is 0 Å². The molecule has 1 unspecified atom stereocenters. The van der Waals surface area contributed by atoms with Crippen molar-refractivity contribution in [2.45, 2.75) is 11.2 Å². The van der Waals surface area contributed by atoms with E-state index in [1.165, 1.54) is 5.56 Å². The molecule has 2 rings (SSSR count). The van der Waals surface area contributed by atoms with Crippen molar-refractivity contribution in [1.29, 1.82) is 0 Å². The number of benzene rings is 1. The Kier molecular flexibility index (Phi) is 4.77. The van der Waals surface area contributed by atoms with E-state index in [9.17, 15) is 0 Å². The first kappa shape index (κ1) is 13.2. The van der Waals surface area contributed by atoms with Gasteiger partial charge in [-0.15, -0.1) is 0 Å². The predicted molar refractivity (Wildman–Crippen MR) is 81.5 cm³/mol. The summed E-state index contributed by atoms with van der Waals surface area (Å²) in [7, 11) is 0. The third-order valence-corrected chi connectivity index (χ3v) is 4.13. The van der Waals surface area contributed by atoms with Gasteiger partial charge in [0.2, 0.25) is 0 Å². The molecule has 0 aliphatic carbocycles. The van der Waals surface area contributed by atoms with Crippen molar-refractivity contribution in [1.82, 2.24) is 4.98 Å². The van der Waals surface area contributed by atoms with E-state index in [1.807, 2.05) is 30.5 Å².